The molecule has 2 aromatic carbocycles. The molecule has 2 aromatic heterocycles. The van der Waals surface area contributed by atoms with Crippen molar-refractivity contribution in [3.63, 3.8) is 0 Å². The Morgan fingerprint density at radius 1 is 0.822 bits per heavy atom. The number of hydrogen-bond donors (Lipinski definition) is 14. The molecule has 1 fully saturated rings. The van der Waals surface area contributed by atoms with E-state index in [1.165, 1.54) is 19.4 Å². The van der Waals surface area contributed by atoms with Crippen LogP contribution in [0.4, 0.5) is 0 Å². The Bertz CT molecular complexity index is 2530. The molecule has 3 heterocycles. The Morgan fingerprint density at radius 2 is 1.51 bits per heavy atom. The third-order valence-corrected chi connectivity index (χ3v) is 12.2. The van der Waals surface area contributed by atoms with Gasteiger partial charge in [-0.15, -0.1) is 0 Å². The van der Waals surface area contributed by atoms with Crippen LogP contribution in [0.1, 0.15) is 76.1 Å². The fraction of sp³-hybridized carbons (Fsp3) is 0.469. The number of carbonyl (C=O) groups is 8. The molecule has 0 spiro atoms. The Kier molecular flexibility index (Phi) is 21.2. The first-order chi connectivity index (χ1) is 34.9. The number of amides is 8. The molecule has 4 aromatic rings. The quantitative estimate of drug-likeness (QED) is 0.0349. The Hall–Kier alpha value is -7.86. The van der Waals surface area contributed by atoms with Crippen LogP contribution in [0.2, 0.25) is 0 Å². The predicted molar refractivity (Wildman–Crippen MR) is 270 cm³/mol. The number of fused-ring (bicyclic) bond motifs is 1. The number of carbonyl (C=O) groups excluding carboxylic acids is 8. The largest absolute Gasteiger partial charge is 0.376 e. The molecule has 24 nitrogen and oxygen atoms in total. The van der Waals surface area contributed by atoms with Crippen LogP contribution in [-0.2, 0) is 57.6 Å². The van der Waals surface area contributed by atoms with E-state index in [4.69, 9.17) is 17.2 Å². The molecule has 0 aliphatic carbocycles. The molecular formula is C49H69N15O9. The number of hydrogen-bond acceptors (Lipinski definition) is 12. The van der Waals surface area contributed by atoms with Crippen LogP contribution in [0.3, 0.4) is 0 Å². The van der Waals surface area contributed by atoms with Gasteiger partial charge in [-0.1, -0.05) is 62.4 Å². The van der Waals surface area contributed by atoms with E-state index < -0.39 is 108 Å². The molecule has 394 valence electrons. The van der Waals surface area contributed by atoms with E-state index in [0.717, 1.165) is 16.5 Å². The summed E-state index contributed by atoms with van der Waals surface area (Å²) in [5.41, 5.74) is 19.3. The highest BCUT2D eigenvalue weighted by atomic mass is 16.3. The predicted octanol–water partition coefficient (Wildman–Crippen LogP) is -1.99. The summed E-state index contributed by atoms with van der Waals surface area (Å²) in [6, 6.07) is 7.28. The van der Waals surface area contributed by atoms with Gasteiger partial charge in [-0.05, 0) is 61.6 Å². The number of guanidine groups is 1. The summed E-state index contributed by atoms with van der Waals surface area (Å²) < 4.78 is 0. The van der Waals surface area contributed by atoms with Crippen molar-refractivity contribution in [3.8, 4) is 0 Å². The zero-order valence-electron chi connectivity index (χ0n) is 41.2. The molecule has 8 amide bonds. The van der Waals surface area contributed by atoms with Crippen molar-refractivity contribution in [1.82, 2.24) is 57.5 Å². The standard InChI is InChI=1S/C49H69N15O9/c1-27(2)41-48(73)63-37(21-30-24-56-33-15-8-7-14-32(30)33)44(69)59-34(42(50)67)16-9-10-18-54-40(66)23-39(62-43(68)35(58-28(3)65)17-11-19-55-49(51)52)46(71)61-38(22-31-25-53-26-57-31)45(70)60-36(47(72)64-41)20-29-12-5-4-6-13-29/h4-8,12-15,24-27,34-39,41,48,56,63,73H,9-11,16-23H2,1-3H3,(H2,50,67)(H,53,57)(H,54,66)(H,58,65)(H,59,69)(H,60,70)(H,61,71)(H,62,68)(H,64,72)(H4,51,52,55)/t34-,35-,36+,37-,38-,39-,41-,48?/m0/s1. The van der Waals surface area contributed by atoms with Crippen LogP contribution >= 0.6 is 0 Å². The first-order valence-corrected chi connectivity index (χ1v) is 24.3. The van der Waals surface area contributed by atoms with Crippen molar-refractivity contribution in [2.45, 2.75) is 127 Å². The second-order valence-electron chi connectivity index (χ2n) is 18.4. The van der Waals surface area contributed by atoms with E-state index in [-0.39, 0.29) is 70.4 Å². The minimum atomic E-state index is -1.61. The molecule has 0 bridgehead atoms. The van der Waals surface area contributed by atoms with E-state index in [2.05, 4.69) is 62.5 Å². The molecule has 1 aliphatic heterocycles. The number of nitrogens with one attached hydrogen (secondary N) is 10. The molecular weight excluding hydrogens is 943 g/mol. The average molecular weight is 1010 g/mol. The van der Waals surface area contributed by atoms with Gasteiger partial charge in [0.25, 0.3) is 0 Å². The molecule has 1 saturated heterocycles. The number of nitrogens with two attached hydrogens (primary N) is 3. The van der Waals surface area contributed by atoms with Crippen molar-refractivity contribution in [1.29, 1.82) is 0 Å². The van der Waals surface area contributed by atoms with Crippen molar-refractivity contribution in [2.75, 3.05) is 13.1 Å². The minimum absolute atomic E-state index is 0.0358. The summed E-state index contributed by atoms with van der Waals surface area (Å²) in [5, 5.41) is 34.7. The SMILES string of the molecule is CC(=O)N[C@@H](CCCN=C(N)N)C(=O)N[C@H]1CC(=O)NCCCC[C@@H](C(N)=O)NC(=O)[C@H](Cc2c[nH]c3ccccc23)NC(O)[C@H](C(C)C)NC(=O)[C@@H](Cc2ccccc2)NC(=O)[C@H](Cc2cnc[nH]2)NC1=O. The first kappa shape index (κ1) is 56.1. The summed E-state index contributed by atoms with van der Waals surface area (Å²) in [5.74, 6) is -6.69. The number of H-pyrrole nitrogens is 2. The maximum absolute atomic E-state index is 14.6. The normalized spacial score (nSPS) is 22.6. The molecule has 5 rings (SSSR count). The number of imidazole rings is 1. The van der Waals surface area contributed by atoms with Gasteiger partial charge >= 0.3 is 0 Å². The molecule has 73 heavy (non-hydrogen) atoms. The smallest absolute Gasteiger partial charge is 0.243 e. The third kappa shape index (κ3) is 17.7. The Morgan fingerprint density at radius 3 is 2.19 bits per heavy atom. The van der Waals surface area contributed by atoms with Crippen molar-refractivity contribution in [2.24, 2.45) is 28.1 Å². The summed E-state index contributed by atoms with van der Waals surface area (Å²) in [7, 11) is 0. The fourth-order valence-electron chi connectivity index (χ4n) is 8.38. The average Bonchev–Trinajstić information content (AvgIpc) is 4.02. The van der Waals surface area contributed by atoms with Gasteiger partial charge < -0.3 is 69.5 Å². The lowest BCUT2D eigenvalue weighted by Crippen LogP contribution is -2.62. The van der Waals surface area contributed by atoms with E-state index in [9.17, 15) is 43.5 Å². The summed E-state index contributed by atoms with van der Waals surface area (Å²) in [6.07, 6.45) is 3.08. The van der Waals surface area contributed by atoms with Crippen molar-refractivity contribution >= 4 is 64.1 Å². The second kappa shape index (κ2) is 27.7. The molecule has 24 heteroatoms. The van der Waals surface area contributed by atoms with Gasteiger partial charge in [0, 0.05) is 61.8 Å². The van der Waals surface area contributed by atoms with Crippen LogP contribution in [0, 0.1) is 5.92 Å². The lowest BCUT2D eigenvalue weighted by Gasteiger charge is -2.33. The topological polar surface area (TPSA) is 388 Å². The lowest BCUT2D eigenvalue weighted by molar-refractivity contribution is -0.136. The Labute approximate surface area is 422 Å². The van der Waals surface area contributed by atoms with Gasteiger partial charge in [0.1, 0.15) is 36.4 Å². The zero-order valence-corrected chi connectivity index (χ0v) is 41.2. The summed E-state index contributed by atoms with van der Waals surface area (Å²) in [4.78, 5) is 124. The molecule has 0 radical (unpaired) electrons. The number of aromatic amines is 2. The molecule has 17 N–H and O–H groups in total. The van der Waals surface area contributed by atoms with Crippen LogP contribution in [0.25, 0.3) is 10.9 Å². The maximum atomic E-state index is 14.6. The van der Waals surface area contributed by atoms with Crippen LogP contribution < -0.4 is 59.7 Å². The highest BCUT2D eigenvalue weighted by molar-refractivity contribution is 5.97. The number of nitrogens with zero attached hydrogens (tertiary/aromatic N) is 2. The lowest BCUT2D eigenvalue weighted by atomic mass is 9.98. The van der Waals surface area contributed by atoms with Gasteiger partial charge in [-0.2, -0.15) is 0 Å². The van der Waals surface area contributed by atoms with Gasteiger partial charge in [-0.3, -0.25) is 48.7 Å². The third-order valence-electron chi connectivity index (χ3n) is 12.2. The van der Waals surface area contributed by atoms with Crippen LogP contribution in [-0.4, -0.2) is 135 Å². The van der Waals surface area contributed by atoms with Crippen LogP contribution in [0.15, 0.2) is 78.3 Å². The molecule has 0 saturated carbocycles. The number of aliphatic hydroxyl groups excluding tert-OH is 1. The van der Waals surface area contributed by atoms with E-state index in [0.29, 0.717) is 11.3 Å². The first-order valence-electron chi connectivity index (χ1n) is 24.3. The molecule has 1 aliphatic rings. The Balaban J connectivity index is 1.51. The van der Waals surface area contributed by atoms with E-state index in [1.807, 2.05) is 24.3 Å². The summed E-state index contributed by atoms with van der Waals surface area (Å²) >= 11 is 0. The maximum Gasteiger partial charge on any atom is 0.243 e. The highest BCUT2D eigenvalue weighted by Crippen LogP contribution is 2.20. The molecule has 8 atom stereocenters. The number of rotatable bonds is 15. The number of aliphatic hydroxyl groups is 1. The minimum Gasteiger partial charge on any atom is -0.376 e. The van der Waals surface area contributed by atoms with Gasteiger partial charge in [-0.25, -0.2) is 4.98 Å². The number of primary amides is 1. The number of aromatic nitrogens is 3. The van der Waals surface area contributed by atoms with E-state index in [1.54, 1.807) is 50.4 Å². The molecule has 1 unspecified atom stereocenters. The monoisotopic (exact) mass is 1010 g/mol. The van der Waals surface area contributed by atoms with Crippen molar-refractivity contribution in [3.05, 3.63) is 90.1 Å². The fourth-order valence-corrected chi connectivity index (χ4v) is 8.38. The van der Waals surface area contributed by atoms with E-state index >= 15 is 0 Å². The highest BCUT2D eigenvalue weighted by Gasteiger charge is 2.36. The van der Waals surface area contributed by atoms with Gasteiger partial charge in [0.05, 0.1) is 24.8 Å². The number of aliphatic imine (C=N–C) groups is 1. The number of benzene rings is 2. The van der Waals surface area contributed by atoms with Gasteiger partial charge in [0.2, 0.25) is 47.3 Å². The van der Waals surface area contributed by atoms with Gasteiger partial charge in [0.15, 0.2) is 5.96 Å². The summed E-state index contributed by atoms with van der Waals surface area (Å²) in [6.45, 7) is 4.88. The van der Waals surface area contributed by atoms with Crippen LogP contribution in [0.5, 0.6) is 0 Å². The number of para-hydroxylation sites is 1. The zero-order chi connectivity index (χ0) is 53.0. The second-order valence-corrected chi connectivity index (χ2v) is 18.4. The van der Waals surface area contributed by atoms with Crippen molar-refractivity contribution < 1.29 is 43.5 Å².